The minimum absolute atomic E-state index is 0.219. The van der Waals surface area contributed by atoms with Crippen molar-refractivity contribution >= 4 is 27.3 Å². The van der Waals surface area contributed by atoms with E-state index in [1.165, 1.54) is 11.3 Å². The van der Waals surface area contributed by atoms with E-state index in [0.717, 1.165) is 27.5 Å². The minimum atomic E-state index is -1.00. The Morgan fingerprint density at radius 2 is 1.76 bits per heavy atom. The normalized spacial score (nSPS) is 12.8. The fourth-order valence-electron chi connectivity index (χ4n) is 1.52. The Morgan fingerprint density at radius 1 is 1.18 bits per heavy atom. The predicted molar refractivity (Wildman–Crippen MR) is 67.2 cm³/mol. The summed E-state index contributed by atoms with van der Waals surface area (Å²) in [5.41, 5.74) is 1.21. The number of halogens is 3. The van der Waals surface area contributed by atoms with Gasteiger partial charge < -0.3 is 5.11 Å². The summed E-state index contributed by atoms with van der Waals surface area (Å²) >= 11 is 4.70. The molecule has 1 aromatic heterocycles. The standard InChI is InChI=1S/C12H9BrF2OS/c1-6-2-10(17-12(6)13)11(16)7-3-8(14)5-9(15)4-7/h2-5,11,16H,1H3. The Hall–Kier alpha value is -0.780. The van der Waals surface area contributed by atoms with Crippen molar-refractivity contribution in [2.45, 2.75) is 13.0 Å². The summed E-state index contributed by atoms with van der Waals surface area (Å²) < 4.78 is 27.0. The number of hydrogen-bond donors (Lipinski definition) is 1. The lowest BCUT2D eigenvalue weighted by Gasteiger charge is -2.09. The predicted octanol–water partition coefficient (Wildman–Crippen LogP) is 4.18. The van der Waals surface area contributed by atoms with Gasteiger partial charge in [0.2, 0.25) is 0 Å². The molecule has 17 heavy (non-hydrogen) atoms. The number of aliphatic hydroxyl groups is 1. The van der Waals surface area contributed by atoms with Gasteiger partial charge in [0.1, 0.15) is 17.7 Å². The second kappa shape index (κ2) is 4.84. The maximum Gasteiger partial charge on any atom is 0.126 e. The number of rotatable bonds is 2. The van der Waals surface area contributed by atoms with Crippen molar-refractivity contribution in [2.24, 2.45) is 0 Å². The van der Waals surface area contributed by atoms with E-state index in [4.69, 9.17) is 0 Å². The number of benzene rings is 1. The fourth-order valence-corrected chi connectivity index (χ4v) is 3.10. The maximum atomic E-state index is 13.0. The zero-order valence-electron chi connectivity index (χ0n) is 8.88. The van der Waals surface area contributed by atoms with E-state index in [9.17, 15) is 13.9 Å². The lowest BCUT2D eigenvalue weighted by atomic mass is 10.1. The third-order valence-corrected chi connectivity index (χ3v) is 4.54. The largest absolute Gasteiger partial charge is 0.383 e. The maximum absolute atomic E-state index is 13.0. The molecule has 1 unspecified atom stereocenters. The minimum Gasteiger partial charge on any atom is -0.383 e. The molecule has 1 N–H and O–H groups in total. The highest BCUT2D eigenvalue weighted by molar-refractivity contribution is 9.11. The topological polar surface area (TPSA) is 20.2 Å². The SMILES string of the molecule is Cc1cc(C(O)c2cc(F)cc(F)c2)sc1Br. The molecule has 5 heteroatoms. The Morgan fingerprint density at radius 3 is 2.24 bits per heavy atom. The van der Waals surface area contributed by atoms with Gasteiger partial charge in [0.25, 0.3) is 0 Å². The van der Waals surface area contributed by atoms with Crippen LogP contribution in [0.15, 0.2) is 28.1 Å². The highest BCUT2D eigenvalue weighted by atomic mass is 79.9. The van der Waals surface area contributed by atoms with E-state index in [1.807, 2.05) is 6.92 Å². The van der Waals surface area contributed by atoms with E-state index in [0.29, 0.717) is 4.88 Å². The first-order valence-corrected chi connectivity index (χ1v) is 6.48. The monoisotopic (exact) mass is 318 g/mol. The highest BCUT2D eigenvalue weighted by Gasteiger charge is 2.16. The van der Waals surface area contributed by atoms with Crippen LogP contribution >= 0.6 is 27.3 Å². The Labute approximate surface area is 110 Å². The summed E-state index contributed by atoms with van der Waals surface area (Å²) in [7, 11) is 0. The molecule has 2 aromatic rings. The van der Waals surface area contributed by atoms with Crippen LogP contribution in [0.5, 0.6) is 0 Å². The van der Waals surface area contributed by atoms with Crippen LogP contribution in [-0.4, -0.2) is 5.11 Å². The summed E-state index contributed by atoms with van der Waals surface area (Å²) in [5, 5.41) is 10.0. The molecule has 0 spiro atoms. The number of aliphatic hydroxyl groups excluding tert-OH is 1. The van der Waals surface area contributed by atoms with Gasteiger partial charge in [-0.2, -0.15) is 0 Å². The van der Waals surface area contributed by atoms with Gasteiger partial charge in [-0.25, -0.2) is 8.78 Å². The van der Waals surface area contributed by atoms with Crippen LogP contribution in [0.1, 0.15) is 22.1 Å². The van der Waals surface area contributed by atoms with Crippen LogP contribution in [0.25, 0.3) is 0 Å². The molecule has 2 rings (SSSR count). The fraction of sp³-hybridized carbons (Fsp3) is 0.167. The van der Waals surface area contributed by atoms with Crippen molar-refractivity contribution in [1.29, 1.82) is 0 Å². The van der Waals surface area contributed by atoms with Crippen LogP contribution in [-0.2, 0) is 0 Å². The molecule has 0 aliphatic rings. The zero-order valence-corrected chi connectivity index (χ0v) is 11.3. The molecule has 1 nitrogen and oxygen atoms in total. The molecular formula is C12H9BrF2OS. The molecule has 1 aromatic carbocycles. The van der Waals surface area contributed by atoms with E-state index < -0.39 is 17.7 Å². The molecule has 0 aliphatic carbocycles. The first kappa shape index (κ1) is 12.7. The van der Waals surface area contributed by atoms with Crippen LogP contribution < -0.4 is 0 Å². The second-order valence-electron chi connectivity index (χ2n) is 3.71. The van der Waals surface area contributed by atoms with Crippen LogP contribution in [0.3, 0.4) is 0 Å². The van der Waals surface area contributed by atoms with Crippen molar-refractivity contribution < 1.29 is 13.9 Å². The summed E-state index contributed by atoms with van der Waals surface area (Å²) in [4.78, 5) is 0.652. The van der Waals surface area contributed by atoms with Crippen LogP contribution in [0.4, 0.5) is 8.78 Å². The Bertz CT molecular complexity index is 514. The van der Waals surface area contributed by atoms with E-state index >= 15 is 0 Å². The van der Waals surface area contributed by atoms with E-state index in [1.54, 1.807) is 6.07 Å². The quantitative estimate of drug-likeness (QED) is 0.880. The number of thiophene rings is 1. The van der Waals surface area contributed by atoms with Gasteiger partial charge in [-0.05, 0) is 52.2 Å². The molecule has 1 atom stereocenters. The molecule has 0 radical (unpaired) electrons. The van der Waals surface area contributed by atoms with Gasteiger partial charge >= 0.3 is 0 Å². The molecule has 0 fully saturated rings. The Kier molecular flexibility index (Phi) is 3.61. The average molecular weight is 319 g/mol. The number of hydrogen-bond acceptors (Lipinski definition) is 2. The molecule has 1 heterocycles. The van der Waals surface area contributed by atoms with Gasteiger partial charge in [-0.3, -0.25) is 0 Å². The summed E-state index contributed by atoms with van der Waals surface area (Å²) in [6.45, 7) is 1.89. The summed E-state index contributed by atoms with van der Waals surface area (Å²) in [6, 6.07) is 4.85. The van der Waals surface area contributed by atoms with Gasteiger partial charge in [0.05, 0.1) is 3.79 Å². The first-order valence-electron chi connectivity index (χ1n) is 4.87. The molecule has 0 amide bonds. The van der Waals surface area contributed by atoms with Crippen molar-refractivity contribution in [3.05, 3.63) is 55.7 Å². The van der Waals surface area contributed by atoms with E-state index in [2.05, 4.69) is 15.9 Å². The molecule has 90 valence electrons. The molecule has 0 bridgehead atoms. The summed E-state index contributed by atoms with van der Waals surface area (Å²) in [5.74, 6) is -1.38. The lowest BCUT2D eigenvalue weighted by Crippen LogP contribution is -1.98. The van der Waals surface area contributed by atoms with Gasteiger partial charge in [-0.1, -0.05) is 0 Å². The van der Waals surface area contributed by atoms with Crippen LogP contribution in [0.2, 0.25) is 0 Å². The molecule has 0 saturated heterocycles. The number of aryl methyl sites for hydroxylation is 1. The molecule has 0 saturated carbocycles. The van der Waals surface area contributed by atoms with Crippen molar-refractivity contribution in [3.8, 4) is 0 Å². The Balaban J connectivity index is 2.39. The van der Waals surface area contributed by atoms with Crippen molar-refractivity contribution in [3.63, 3.8) is 0 Å². The van der Waals surface area contributed by atoms with Crippen LogP contribution in [0, 0.1) is 18.6 Å². The molecular weight excluding hydrogens is 310 g/mol. The van der Waals surface area contributed by atoms with Gasteiger partial charge in [-0.15, -0.1) is 11.3 Å². The average Bonchev–Trinajstić information content (AvgIpc) is 2.57. The van der Waals surface area contributed by atoms with Gasteiger partial charge in [0.15, 0.2) is 0 Å². The third kappa shape index (κ3) is 2.73. The highest BCUT2D eigenvalue weighted by Crippen LogP contribution is 2.34. The lowest BCUT2D eigenvalue weighted by molar-refractivity contribution is 0.223. The molecule has 0 aliphatic heterocycles. The second-order valence-corrected chi connectivity index (χ2v) is 6.11. The smallest absolute Gasteiger partial charge is 0.126 e. The van der Waals surface area contributed by atoms with E-state index in [-0.39, 0.29) is 5.56 Å². The zero-order chi connectivity index (χ0) is 12.6. The summed E-state index contributed by atoms with van der Waals surface area (Å²) in [6.07, 6.45) is -1.00. The third-order valence-electron chi connectivity index (χ3n) is 2.35. The first-order chi connectivity index (χ1) is 7.97. The van der Waals surface area contributed by atoms with Crippen molar-refractivity contribution in [1.82, 2.24) is 0 Å². The van der Waals surface area contributed by atoms with Gasteiger partial charge in [0, 0.05) is 10.9 Å². The van der Waals surface area contributed by atoms with Crippen molar-refractivity contribution in [2.75, 3.05) is 0 Å².